The summed E-state index contributed by atoms with van der Waals surface area (Å²) in [5.41, 5.74) is 5.87. The molecular weight excluding hydrogens is 166 g/mol. The fourth-order valence-electron chi connectivity index (χ4n) is 1.09. The monoisotopic (exact) mass is 189 g/mol. The van der Waals surface area contributed by atoms with Crippen molar-refractivity contribution in [2.75, 3.05) is 13.2 Å². The topological polar surface area (TPSA) is 55.5 Å². The van der Waals surface area contributed by atoms with Crippen molar-refractivity contribution in [1.82, 2.24) is 0 Å². The molecule has 0 heterocycles. The summed E-state index contributed by atoms with van der Waals surface area (Å²) in [6.45, 7) is 6.90. The van der Waals surface area contributed by atoms with E-state index < -0.39 is 0 Å². The van der Waals surface area contributed by atoms with E-state index in [1.54, 1.807) is 0 Å². The van der Waals surface area contributed by atoms with Crippen LogP contribution in [0.2, 0.25) is 0 Å². The Balaban J connectivity index is 3.73. The Morgan fingerprint density at radius 2 is 2.00 bits per heavy atom. The van der Waals surface area contributed by atoms with Gasteiger partial charge in [0.1, 0.15) is 0 Å². The maximum Gasteiger partial charge on any atom is 0.0958 e. The van der Waals surface area contributed by atoms with Crippen LogP contribution in [0.15, 0.2) is 0 Å². The first-order valence-corrected chi connectivity index (χ1v) is 5.11. The first-order chi connectivity index (χ1) is 6.13. The van der Waals surface area contributed by atoms with Gasteiger partial charge in [0.25, 0.3) is 0 Å². The Labute approximate surface area is 81.3 Å². The quantitative estimate of drug-likeness (QED) is 0.591. The van der Waals surface area contributed by atoms with Crippen LogP contribution < -0.4 is 5.73 Å². The molecule has 0 aliphatic heterocycles. The molecule has 80 valence electrons. The molecule has 3 nitrogen and oxygen atoms in total. The molecule has 3 N–H and O–H groups in total. The summed E-state index contributed by atoms with van der Waals surface area (Å²) in [6.07, 6.45) is 1.93. The lowest BCUT2D eigenvalue weighted by Gasteiger charge is -2.25. The molecule has 0 aliphatic rings. The van der Waals surface area contributed by atoms with Gasteiger partial charge in [-0.25, -0.2) is 0 Å². The third-order valence-corrected chi connectivity index (χ3v) is 2.21. The summed E-state index contributed by atoms with van der Waals surface area (Å²) in [4.78, 5) is 0. The Morgan fingerprint density at radius 3 is 2.38 bits per heavy atom. The van der Waals surface area contributed by atoms with Crippen LogP contribution in [0.5, 0.6) is 0 Å². The molecule has 0 saturated carbocycles. The first-order valence-electron chi connectivity index (χ1n) is 5.11. The number of ether oxygens (including phenoxy) is 1. The summed E-state index contributed by atoms with van der Waals surface area (Å²) in [6, 6.07) is -0.0677. The lowest BCUT2D eigenvalue weighted by Crippen LogP contribution is -2.43. The van der Waals surface area contributed by atoms with Gasteiger partial charge < -0.3 is 15.6 Å². The highest BCUT2D eigenvalue weighted by atomic mass is 16.5. The maximum atomic E-state index is 9.04. The van der Waals surface area contributed by atoms with E-state index in [1.165, 1.54) is 0 Å². The summed E-state index contributed by atoms with van der Waals surface area (Å²) in [5, 5.41) is 9.04. The Kier molecular flexibility index (Phi) is 7.23. The second-order valence-electron chi connectivity index (χ2n) is 3.77. The van der Waals surface area contributed by atoms with Gasteiger partial charge in [0, 0.05) is 12.6 Å². The minimum atomic E-state index is -0.202. The van der Waals surface area contributed by atoms with Crippen molar-refractivity contribution in [2.24, 2.45) is 11.7 Å². The summed E-state index contributed by atoms with van der Waals surface area (Å²) < 4.78 is 5.48. The van der Waals surface area contributed by atoms with E-state index in [1.807, 2.05) is 13.8 Å². The molecule has 0 aromatic rings. The van der Waals surface area contributed by atoms with Crippen molar-refractivity contribution >= 4 is 0 Å². The van der Waals surface area contributed by atoms with Crippen LogP contribution in [-0.4, -0.2) is 30.5 Å². The predicted octanol–water partition coefficient (Wildman–Crippen LogP) is 1.15. The van der Waals surface area contributed by atoms with Crippen LogP contribution in [-0.2, 0) is 4.74 Å². The molecule has 0 amide bonds. The van der Waals surface area contributed by atoms with E-state index in [0.717, 1.165) is 12.8 Å². The average molecular weight is 189 g/mol. The third kappa shape index (κ3) is 5.24. The zero-order valence-electron chi connectivity index (χ0n) is 8.99. The van der Waals surface area contributed by atoms with E-state index in [-0.39, 0.29) is 18.8 Å². The van der Waals surface area contributed by atoms with Crippen LogP contribution in [0, 0.1) is 5.92 Å². The molecule has 0 spiro atoms. The summed E-state index contributed by atoms with van der Waals surface area (Å²) in [5.74, 6) is 0.346. The van der Waals surface area contributed by atoms with Gasteiger partial charge in [-0.1, -0.05) is 27.2 Å². The van der Waals surface area contributed by atoms with Gasteiger partial charge in [0.15, 0.2) is 0 Å². The number of rotatable bonds is 7. The second-order valence-corrected chi connectivity index (χ2v) is 3.77. The second kappa shape index (κ2) is 7.30. The number of aliphatic hydroxyl groups excluding tert-OH is 1. The Bertz CT molecular complexity index is 117. The minimum absolute atomic E-state index is 0.0169. The van der Waals surface area contributed by atoms with E-state index in [0.29, 0.717) is 12.5 Å². The molecule has 0 fully saturated rings. The van der Waals surface area contributed by atoms with Crippen LogP contribution in [0.1, 0.15) is 33.6 Å². The highest BCUT2D eigenvalue weighted by Gasteiger charge is 2.20. The highest BCUT2D eigenvalue weighted by molar-refractivity contribution is 4.75. The smallest absolute Gasteiger partial charge is 0.0958 e. The molecule has 2 atom stereocenters. The summed E-state index contributed by atoms with van der Waals surface area (Å²) >= 11 is 0. The number of unbranched alkanes of at least 4 members (excludes halogenated alkanes) is 1. The molecule has 0 radical (unpaired) electrons. The van der Waals surface area contributed by atoms with Crippen LogP contribution in [0.3, 0.4) is 0 Å². The van der Waals surface area contributed by atoms with Crippen molar-refractivity contribution in [3.63, 3.8) is 0 Å². The van der Waals surface area contributed by atoms with Crippen molar-refractivity contribution in [2.45, 2.75) is 45.8 Å². The van der Waals surface area contributed by atoms with Crippen molar-refractivity contribution < 1.29 is 9.84 Å². The Hall–Kier alpha value is -0.120. The molecule has 0 rings (SSSR count). The number of hydrogen-bond acceptors (Lipinski definition) is 3. The first kappa shape index (κ1) is 12.9. The maximum absolute atomic E-state index is 9.04. The van der Waals surface area contributed by atoms with Gasteiger partial charge in [-0.3, -0.25) is 0 Å². The average Bonchev–Trinajstić information content (AvgIpc) is 2.11. The lowest BCUT2D eigenvalue weighted by atomic mass is 10.00. The number of aliphatic hydroxyl groups is 1. The third-order valence-electron chi connectivity index (χ3n) is 2.21. The standard InChI is InChI=1S/C10H23NO2/c1-4-5-6-13-9(7-12)10(11)8(2)3/h8-10,12H,4-7,11H2,1-3H3. The molecule has 0 aromatic heterocycles. The van der Waals surface area contributed by atoms with Gasteiger partial charge >= 0.3 is 0 Å². The molecule has 0 aromatic carbocycles. The molecule has 2 unspecified atom stereocenters. The Morgan fingerprint density at radius 1 is 1.38 bits per heavy atom. The molecule has 0 bridgehead atoms. The van der Waals surface area contributed by atoms with Crippen LogP contribution in [0.25, 0.3) is 0 Å². The zero-order valence-corrected chi connectivity index (χ0v) is 8.99. The molecule has 13 heavy (non-hydrogen) atoms. The fourth-order valence-corrected chi connectivity index (χ4v) is 1.09. The van der Waals surface area contributed by atoms with Gasteiger partial charge in [-0.2, -0.15) is 0 Å². The minimum Gasteiger partial charge on any atom is -0.394 e. The van der Waals surface area contributed by atoms with Crippen LogP contribution in [0.4, 0.5) is 0 Å². The molecular formula is C10H23NO2. The van der Waals surface area contributed by atoms with Crippen LogP contribution >= 0.6 is 0 Å². The van der Waals surface area contributed by atoms with Crippen molar-refractivity contribution in [3.05, 3.63) is 0 Å². The summed E-state index contributed by atoms with van der Waals surface area (Å²) in [7, 11) is 0. The lowest BCUT2D eigenvalue weighted by molar-refractivity contribution is -0.0120. The number of hydrogen-bond donors (Lipinski definition) is 2. The highest BCUT2D eigenvalue weighted by Crippen LogP contribution is 2.07. The van der Waals surface area contributed by atoms with Crippen molar-refractivity contribution in [3.8, 4) is 0 Å². The molecule has 3 heteroatoms. The fraction of sp³-hybridized carbons (Fsp3) is 1.00. The van der Waals surface area contributed by atoms with E-state index >= 15 is 0 Å². The van der Waals surface area contributed by atoms with E-state index in [9.17, 15) is 0 Å². The van der Waals surface area contributed by atoms with Gasteiger partial charge in [0.2, 0.25) is 0 Å². The molecule has 0 saturated heterocycles. The molecule has 0 aliphatic carbocycles. The van der Waals surface area contributed by atoms with Gasteiger partial charge in [-0.05, 0) is 12.3 Å². The van der Waals surface area contributed by atoms with Crippen molar-refractivity contribution in [1.29, 1.82) is 0 Å². The normalized spacial score (nSPS) is 16.2. The van der Waals surface area contributed by atoms with Gasteiger partial charge in [0.05, 0.1) is 12.7 Å². The number of nitrogens with two attached hydrogens (primary N) is 1. The SMILES string of the molecule is CCCCOC(CO)C(N)C(C)C. The van der Waals surface area contributed by atoms with Gasteiger partial charge in [-0.15, -0.1) is 0 Å². The largest absolute Gasteiger partial charge is 0.394 e. The van der Waals surface area contributed by atoms with E-state index in [4.69, 9.17) is 15.6 Å². The van der Waals surface area contributed by atoms with E-state index in [2.05, 4.69) is 6.92 Å². The predicted molar refractivity (Wildman–Crippen MR) is 54.5 cm³/mol. The zero-order chi connectivity index (χ0) is 10.3.